The Morgan fingerprint density at radius 2 is 1.67 bits per heavy atom. The summed E-state index contributed by atoms with van der Waals surface area (Å²) in [5.74, 6) is -0.385. The quantitative estimate of drug-likeness (QED) is 0.577. The largest absolute Gasteiger partial charge is 0.496 e. The number of halogens is 3. The van der Waals surface area contributed by atoms with Gasteiger partial charge in [0.05, 0.1) is 15.7 Å². The minimum Gasteiger partial charge on any atom is -0.399 e. The third-order valence-corrected chi connectivity index (χ3v) is 4.48. The Bertz CT molecular complexity index is 477. The molecule has 0 N–H and O–H groups in total. The lowest BCUT2D eigenvalue weighted by atomic mass is 9.79. The molecule has 0 radical (unpaired) electrons. The fourth-order valence-corrected chi connectivity index (χ4v) is 2.42. The van der Waals surface area contributed by atoms with Gasteiger partial charge in [0.25, 0.3) is 0 Å². The summed E-state index contributed by atoms with van der Waals surface area (Å²) in [6.45, 7) is 7.76. The van der Waals surface area contributed by atoms with Crippen LogP contribution >= 0.6 is 27.5 Å². The SMILES string of the molecule is CC1(C)OB(c2cc(F)c(Br)cc2Cl)OC1(C)C. The zero-order valence-corrected chi connectivity index (χ0v) is 13.0. The normalized spacial score (nSPS) is 21.4. The first-order valence-corrected chi connectivity index (χ1v) is 6.81. The van der Waals surface area contributed by atoms with Gasteiger partial charge in [-0.05, 0) is 55.8 Å². The highest BCUT2D eigenvalue weighted by molar-refractivity contribution is 9.10. The molecule has 0 bridgehead atoms. The number of benzene rings is 1. The summed E-state index contributed by atoms with van der Waals surface area (Å²) in [5.41, 5.74) is -0.425. The van der Waals surface area contributed by atoms with Crippen LogP contribution in [0.3, 0.4) is 0 Å². The van der Waals surface area contributed by atoms with Crippen LogP contribution in [0.15, 0.2) is 16.6 Å². The van der Waals surface area contributed by atoms with Crippen molar-refractivity contribution >= 4 is 40.1 Å². The van der Waals surface area contributed by atoms with Crippen LogP contribution in [-0.4, -0.2) is 18.3 Å². The lowest BCUT2D eigenvalue weighted by molar-refractivity contribution is 0.00578. The highest BCUT2D eigenvalue weighted by Gasteiger charge is 2.52. The van der Waals surface area contributed by atoms with Gasteiger partial charge in [0.15, 0.2) is 0 Å². The molecule has 1 aromatic carbocycles. The van der Waals surface area contributed by atoms with Gasteiger partial charge >= 0.3 is 7.12 Å². The maximum Gasteiger partial charge on any atom is 0.496 e. The monoisotopic (exact) mass is 334 g/mol. The standard InChI is InChI=1S/C12H14BBrClFO2/c1-11(2)12(3,4)18-13(17-11)7-5-10(16)8(14)6-9(7)15/h5-6H,1-4H3. The van der Waals surface area contributed by atoms with Crippen LogP contribution in [0.1, 0.15) is 27.7 Å². The lowest BCUT2D eigenvalue weighted by Gasteiger charge is -2.32. The molecule has 2 nitrogen and oxygen atoms in total. The molecule has 2 rings (SSSR count). The molecule has 18 heavy (non-hydrogen) atoms. The highest BCUT2D eigenvalue weighted by atomic mass is 79.9. The summed E-state index contributed by atoms with van der Waals surface area (Å²) >= 11 is 9.20. The Hall–Kier alpha value is -0.0951. The van der Waals surface area contributed by atoms with E-state index in [0.29, 0.717) is 15.0 Å². The molecule has 98 valence electrons. The van der Waals surface area contributed by atoms with Crippen LogP contribution in [0, 0.1) is 5.82 Å². The molecule has 0 spiro atoms. The van der Waals surface area contributed by atoms with Gasteiger partial charge in [-0.25, -0.2) is 4.39 Å². The van der Waals surface area contributed by atoms with Gasteiger partial charge < -0.3 is 9.31 Å². The van der Waals surface area contributed by atoms with Crippen LogP contribution in [0.4, 0.5) is 4.39 Å². The van der Waals surface area contributed by atoms with Crippen molar-refractivity contribution in [1.29, 1.82) is 0 Å². The van der Waals surface area contributed by atoms with Crippen molar-refractivity contribution in [3.05, 3.63) is 27.4 Å². The first-order valence-electron chi connectivity index (χ1n) is 5.64. The summed E-state index contributed by atoms with van der Waals surface area (Å²) in [7, 11) is -0.648. The van der Waals surface area contributed by atoms with Crippen LogP contribution in [0.25, 0.3) is 0 Å². The minimum absolute atomic E-state index is 0.327. The van der Waals surface area contributed by atoms with E-state index >= 15 is 0 Å². The third-order valence-electron chi connectivity index (χ3n) is 3.55. The Morgan fingerprint density at radius 3 is 2.17 bits per heavy atom. The Balaban J connectivity index is 2.38. The molecule has 0 aliphatic carbocycles. The second-order valence-corrected chi connectivity index (χ2v) is 6.64. The van der Waals surface area contributed by atoms with Crippen molar-refractivity contribution in [3.63, 3.8) is 0 Å². The average molecular weight is 335 g/mol. The topological polar surface area (TPSA) is 18.5 Å². The van der Waals surface area contributed by atoms with Gasteiger partial charge in [0.2, 0.25) is 0 Å². The predicted octanol–water partition coefficient (Wildman–Crippen LogP) is 3.54. The molecule has 0 unspecified atom stereocenters. The summed E-state index contributed by atoms with van der Waals surface area (Å²) < 4.78 is 25.6. The summed E-state index contributed by atoms with van der Waals surface area (Å²) in [4.78, 5) is 0. The molecule has 0 atom stereocenters. The number of rotatable bonds is 1. The van der Waals surface area contributed by atoms with Gasteiger partial charge in [-0.3, -0.25) is 0 Å². The van der Waals surface area contributed by atoms with Crippen LogP contribution < -0.4 is 5.46 Å². The van der Waals surface area contributed by atoms with E-state index in [1.165, 1.54) is 12.1 Å². The molecule has 1 aliphatic heterocycles. The number of hydrogen-bond acceptors (Lipinski definition) is 2. The molecule has 0 aromatic heterocycles. The van der Waals surface area contributed by atoms with E-state index < -0.39 is 18.3 Å². The van der Waals surface area contributed by atoms with Crippen molar-refractivity contribution in [3.8, 4) is 0 Å². The van der Waals surface area contributed by atoms with Crippen LogP contribution in [-0.2, 0) is 9.31 Å². The lowest BCUT2D eigenvalue weighted by Crippen LogP contribution is -2.41. The van der Waals surface area contributed by atoms with E-state index in [-0.39, 0.29) is 5.82 Å². The summed E-state index contributed by atoms with van der Waals surface area (Å²) in [6.07, 6.45) is 0. The maximum absolute atomic E-state index is 13.6. The van der Waals surface area contributed by atoms with E-state index in [9.17, 15) is 4.39 Å². The fraction of sp³-hybridized carbons (Fsp3) is 0.500. The first kappa shape index (κ1) is 14.3. The molecule has 1 heterocycles. The van der Waals surface area contributed by atoms with Crippen LogP contribution in [0.5, 0.6) is 0 Å². The van der Waals surface area contributed by atoms with Gasteiger partial charge in [-0.2, -0.15) is 0 Å². The van der Waals surface area contributed by atoms with E-state index in [4.69, 9.17) is 20.9 Å². The Morgan fingerprint density at radius 1 is 1.17 bits per heavy atom. The molecule has 1 fully saturated rings. The van der Waals surface area contributed by atoms with Gasteiger partial charge in [-0.15, -0.1) is 0 Å². The molecule has 0 amide bonds. The highest BCUT2D eigenvalue weighted by Crippen LogP contribution is 2.37. The molecular formula is C12H14BBrClFO2. The second-order valence-electron chi connectivity index (χ2n) is 5.38. The molecule has 1 aliphatic rings. The maximum atomic E-state index is 13.6. The van der Waals surface area contributed by atoms with Gasteiger partial charge in [-0.1, -0.05) is 11.6 Å². The molecule has 1 saturated heterocycles. The van der Waals surface area contributed by atoms with Crippen molar-refractivity contribution in [1.82, 2.24) is 0 Å². The number of hydrogen-bond donors (Lipinski definition) is 0. The smallest absolute Gasteiger partial charge is 0.399 e. The van der Waals surface area contributed by atoms with Crippen LogP contribution in [0.2, 0.25) is 5.02 Å². The molecule has 1 aromatic rings. The summed E-state index contributed by atoms with van der Waals surface area (Å²) in [6, 6.07) is 2.85. The van der Waals surface area contributed by atoms with Crippen molar-refractivity contribution in [2.75, 3.05) is 0 Å². The zero-order chi connectivity index (χ0) is 13.7. The Kier molecular flexibility index (Phi) is 3.56. The van der Waals surface area contributed by atoms with E-state index in [2.05, 4.69) is 15.9 Å². The molecule has 0 saturated carbocycles. The molecule has 6 heteroatoms. The van der Waals surface area contributed by atoms with E-state index in [1.807, 2.05) is 27.7 Å². The first-order chi connectivity index (χ1) is 8.14. The van der Waals surface area contributed by atoms with Crippen molar-refractivity contribution in [2.24, 2.45) is 0 Å². The summed E-state index contributed by atoms with van der Waals surface area (Å²) in [5, 5.41) is 0.418. The average Bonchev–Trinajstić information content (AvgIpc) is 2.42. The van der Waals surface area contributed by atoms with Gasteiger partial charge in [0.1, 0.15) is 5.82 Å². The minimum atomic E-state index is -0.648. The predicted molar refractivity (Wildman–Crippen MR) is 74.8 cm³/mol. The van der Waals surface area contributed by atoms with Crippen molar-refractivity contribution < 1.29 is 13.7 Å². The zero-order valence-electron chi connectivity index (χ0n) is 10.7. The fourth-order valence-electron chi connectivity index (χ4n) is 1.69. The Labute approximate surface area is 120 Å². The van der Waals surface area contributed by atoms with E-state index in [1.54, 1.807) is 0 Å². The van der Waals surface area contributed by atoms with E-state index in [0.717, 1.165) is 0 Å². The molecular weight excluding hydrogens is 321 g/mol. The second kappa shape index (κ2) is 4.48. The third kappa shape index (κ3) is 2.33. The van der Waals surface area contributed by atoms with Gasteiger partial charge in [0, 0.05) is 10.5 Å². The van der Waals surface area contributed by atoms with Crippen molar-refractivity contribution in [2.45, 2.75) is 38.9 Å².